The maximum Gasteiger partial charge on any atom is 0.317 e. The van der Waals surface area contributed by atoms with Gasteiger partial charge in [-0.05, 0) is 19.9 Å². The first-order chi connectivity index (χ1) is 8.45. The molecule has 0 amide bonds. The standard InChI is InChI=1S/C12H21N3O3.ClH/c1-5-6-15(7-10(16)17)9(4)12-13-11(8(2)3)14-18-12;/h8-9H,5-7H2,1-4H3,(H,16,17);1H. The summed E-state index contributed by atoms with van der Waals surface area (Å²) in [5.41, 5.74) is 0. The molecule has 19 heavy (non-hydrogen) atoms. The van der Waals surface area contributed by atoms with Crippen molar-refractivity contribution < 1.29 is 14.4 Å². The van der Waals surface area contributed by atoms with E-state index >= 15 is 0 Å². The molecular formula is C12H22ClN3O3. The predicted molar refractivity (Wildman–Crippen MR) is 73.5 cm³/mol. The zero-order valence-electron chi connectivity index (χ0n) is 11.8. The van der Waals surface area contributed by atoms with Gasteiger partial charge in [-0.15, -0.1) is 12.4 Å². The first kappa shape index (κ1) is 17.9. The quantitative estimate of drug-likeness (QED) is 0.831. The molecule has 0 aliphatic carbocycles. The molecule has 1 aromatic heterocycles. The van der Waals surface area contributed by atoms with Crippen molar-refractivity contribution in [3.63, 3.8) is 0 Å². The van der Waals surface area contributed by atoms with Gasteiger partial charge < -0.3 is 9.63 Å². The first-order valence-corrected chi connectivity index (χ1v) is 6.25. The molecule has 0 aromatic carbocycles. The Kier molecular flexibility index (Phi) is 7.63. The molecule has 0 aliphatic rings. The third-order valence-corrected chi connectivity index (χ3v) is 2.73. The molecule has 110 valence electrons. The number of hydrogen-bond acceptors (Lipinski definition) is 5. The number of rotatable bonds is 7. The van der Waals surface area contributed by atoms with Crippen molar-refractivity contribution >= 4 is 18.4 Å². The molecule has 1 heterocycles. The summed E-state index contributed by atoms with van der Waals surface area (Å²) < 4.78 is 5.20. The minimum absolute atomic E-state index is 0. The van der Waals surface area contributed by atoms with Crippen molar-refractivity contribution in [1.82, 2.24) is 15.0 Å². The number of carbonyl (C=O) groups is 1. The Morgan fingerprint density at radius 2 is 2.05 bits per heavy atom. The lowest BCUT2D eigenvalue weighted by Crippen LogP contribution is -2.33. The summed E-state index contributed by atoms with van der Waals surface area (Å²) in [5.74, 6) is 0.490. The van der Waals surface area contributed by atoms with Crippen LogP contribution in [0.25, 0.3) is 0 Å². The fourth-order valence-corrected chi connectivity index (χ4v) is 1.68. The van der Waals surface area contributed by atoms with Gasteiger partial charge in [-0.3, -0.25) is 9.69 Å². The zero-order valence-corrected chi connectivity index (χ0v) is 12.6. The van der Waals surface area contributed by atoms with Gasteiger partial charge in [-0.2, -0.15) is 4.98 Å². The Morgan fingerprint density at radius 3 is 2.47 bits per heavy atom. The Balaban J connectivity index is 0.00000324. The summed E-state index contributed by atoms with van der Waals surface area (Å²) in [5, 5.41) is 12.8. The minimum Gasteiger partial charge on any atom is -0.480 e. The summed E-state index contributed by atoms with van der Waals surface area (Å²) >= 11 is 0. The second-order valence-corrected chi connectivity index (χ2v) is 4.69. The zero-order chi connectivity index (χ0) is 13.7. The third-order valence-electron chi connectivity index (χ3n) is 2.73. The second-order valence-electron chi connectivity index (χ2n) is 4.69. The largest absolute Gasteiger partial charge is 0.480 e. The van der Waals surface area contributed by atoms with Crippen molar-refractivity contribution in [3.8, 4) is 0 Å². The molecule has 0 saturated carbocycles. The molecule has 1 atom stereocenters. The van der Waals surface area contributed by atoms with Crippen molar-refractivity contribution in [2.24, 2.45) is 0 Å². The van der Waals surface area contributed by atoms with Gasteiger partial charge in [0.25, 0.3) is 0 Å². The highest BCUT2D eigenvalue weighted by Gasteiger charge is 2.23. The van der Waals surface area contributed by atoms with Crippen LogP contribution in [0.5, 0.6) is 0 Å². The van der Waals surface area contributed by atoms with Crippen LogP contribution < -0.4 is 0 Å². The van der Waals surface area contributed by atoms with Gasteiger partial charge in [0.05, 0.1) is 12.6 Å². The van der Waals surface area contributed by atoms with Crippen LogP contribution in [0.4, 0.5) is 0 Å². The number of carboxylic acids is 1. The molecule has 1 aromatic rings. The monoisotopic (exact) mass is 291 g/mol. The molecule has 0 bridgehead atoms. The van der Waals surface area contributed by atoms with E-state index < -0.39 is 5.97 Å². The molecule has 1 unspecified atom stereocenters. The number of aliphatic carboxylic acids is 1. The number of carboxylic acid groups (broad SMARTS) is 1. The molecule has 0 aliphatic heterocycles. The summed E-state index contributed by atoms with van der Waals surface area (Å²) in [6.07, 6.45) is 0.878. The van der Waals surface area contributed by atoms with Crippen molar-refractivity contribution in [1.29, 1.82) is 0 Å². The van der Waals surface area contributed by atoms with E-state index in [1.807, 2.05) is 32.6 Å². The second kappa shape index (κ2) is 8.12. The van der Waals surface area contributed by atoms with Gasteiger partial charge in [0.1, 0.15) is 0 Å². The molecule has 7 heteroatoms. The van der Waals surface area contributed by atoms with Crippen LogP contribution in [0.3, 0.4) is 0 Å². The Labute approximate surface area is 119 Å². The maximum atomic E-state index is 10.8. The molecule has 0 radical (unpaired) electrons. The summed E-state index contributed by atoms with van der Waals surface area (Å²) in [7, 11) is 0. The maximum absolute atomic E-state index is 10.8. The average Bonchev–Trinajstić information content (AvgIpc) is 2.76. The highest BCUT2D eigenvalue weighted by atomic mass is 35.5. The minimum atomic E-state index is -0.848. The molecule has 0 saturated heterocycles. The van der Waals surface area contributed by atoms with E-state index in [1.165, 1.54) is 0 Å². The Morgan fingerprint density at radius 1 is 1.42 bits per heavy atom. The molecule has 1 N–H and O–H groups in total. The lowest BCUT2D eigenvalue weighted by molar-refractivity contribution is -0.139. The van der Waals surface area contributed by atoms with E-state index in [0.29, 0.717) is 18.3 Å². The first-order valence-electron chi connectivity index (χ1n) is 6.25. The lowest BCUT2D eigenvalue weighted by atomic mass is 10.2. The summed E-state index contributed by atoms with van der Waals surface area (Å²) in [4.78, 5) is 17.0. The number of nitrogens with zero attached hydrogens (tertiary/aromatic N) is 3. The van der Waals surface area contributed by atoms with E-state index in [0.717, 1.165) is 6.42 Å². The van der Waals surface area contributed by atoms with Gasteiger partial charge in [-0.25, -0.2) is 0 Å². The smallest absolute Gasteiger partial charge is 0.317 e. The van der Waals surface area contributed by atoms with E-state index in [9.17, 15) is 4.79 Å². The van der Waals surface area contributed by atoms with Crippen LogP contribution in [-0.2, 0) is 4.79 Å². The fourth-order valence-electron chi connectivity index (χ4n) is 1.68. The highest BCUT2D eigenvalue weighted by Crippen LogP contribution is 2.20. The Bertz CT molecular complexity index is 395. The fraction of sp³-hybridized carbons (Fsp3) is 0.750. The normalized spacial score (nSPS) is 12.5. The van der Waals surface area contributed by atoms with Crippen LogP contribution in [0, 0.1) is 0 Å². The van der Waals surface area contributed by atoms with Gasteiger partial charge in [0, 0.05) is 5.92 Å². The van der Waals surface area contributed by atoms with Crippen LogP contribution in [0.1, 0.15) is 57.8 Å². The van der Waals surface area contributed by atoms with Crippen LogP contribution >= 0.6 is 12.4 Å². The molecular weight excluding hydrogens is 270 g/mol. The van der Waals surface area contributed by atoms with Gasteiger partial charge in [-0.1, -0.05) is 25.9 Å². The third kappa shape index (κ3) is 5.16. The van der Waals surface area contributed by atoms with Gasteiger partial charge in [0.15, 0.2) is 5.82 Å². The van der Waals surface area contributed by atoms with Crippen molar-refractivity contribution in [2.75, 3.05) is 13.1 Å². The molecule has 6 nitrogen and oxygen atoms in total. The summed E-state index contributed by atoms with van der Waals surface area (Å²) in [6.45, 7) is 8.53. The Hall–Kier alpha value is -1.14. The molecule has 0 spiro atoms. The van der Waals surface area contributed by atoms with E-state index in [1.54, 1.807) is 0 Å². The van der Waals surface area contributed by atoms with Crippen LogP contribution in [-0.4, -0.2) is 39.2 Å². The summed E-state index contributed by atoms with van der Waals surface area (Å²) in [6, 6.07) is -0.180. The van der Waals surface area contributed by atoms with Crippen LogP contribution in [0.2, 0.25) is 0 Å². The average molecular weight is 292 g/mol. The number of halogens is 1. The molecule has 0 fully saturated rings. The molecule has 1 rings (SSSR count). The van der Waals surface area contributed by atoms with E-state index in [-0.39, 0.29) is 30.9 Å². The lowest BCUT2D eigenvalue weighted by Gasteiger charge is -2.23. The van der Waals surface area contributed by atoms with Crippen LogP contribution in [0.15, 0.2) is 4.52 Å². The van der Waals surface area contributed by atoms with Crippen molar-refractivity contribution in [2.45, 2.75) is 46.1 Å². The SMILES string of the molecule is CCCN(CC(=O)O)C(C)c1nc(C(C)C)no1.Cl. The van der Waals surface area contributed by atoms with Gasteiger partial charge in [0.2, 0.25) is 5.89 Å². The highest BCUT2D eigenvalue weighted by molar-refractivity contribution is 5.85. The number of aromatic nitrogens is 2. The number of hydrogen-bond donors (Lipinski definition) is 1. The van der Waals surface area contributed by atoms with Crippen molar-refractivity contribution in [3.05, 3.63) is 11.7 Å². The van der Waals surface area contributed by atoms with E-state index in [4.69, 9.17) is 9.63 Å². The van der Waals surface area contributed by atoms with Gasteiger partial charge >= 0.3 is 5.97 Å². The predicted octanol–water partition coefficient (Wildman–Crippen LogP) is 2.47. The topological polar surface area (TPSA) is 79.5 Å². The van der Waals surface area contributed by atoms with E-state index in [2.05, 4.69) is 10.1 Å².